The third kappa shape index (κ3) is 4.21. The first-order valence-corrected chi connectivity index (χ1v) is 15.6. The summed E-state index contributed by atoms with van der Waals surface area (Å²) in [7, 11) is 0. The van der Waals surface area contributed by atoms with Gasteiger partial charge in [0.05, 0.1) is 39.6 Å². The van der Waals surface area contributed by atoms with E-state index in [1.54, 1.807) is 0 Å². The minimum absolute atomic E-state index is 0.0429. The van der Waals surface area contributed by atoms with E-state index in [0.717, 1.165) is 26.1 Å². The summed E-state index contributed by atoms with van der Waals surface area (Å²) in [5.74, 6) is 0. The molecule has 3 heterocycles. The van der Waals surface area contributed by atoms with Gasteiger partial charge in [-0.05, 0) is 90.7 Å². The van der Waals surface area contributed by atoms with Gasteiger partial charge >= 0.3 is 0 Å². The van der Waals surface area contributed by atoms with Crippen molar-refractivity contribution >= 4 is 0 Å². The molecule has 1 aliphatic carbocycles. The minimum atomic E-state index is -0.0429. The Morgan fingerprint density at radius 1 is 0.364 bits per heavy atom. The zero-order valence-electron chi connectivity index (χ0n) is 24.7. The molecule has 1 saturated heterocycles. The molecule has 0 bridgehead atoms. The molecule has 0 N–H and O–H groups in total. The Balaban J connectivity index is 1.21. The van der Waals surface area contributed by atoms with Crippen LogP contribution in [0.2, 0.25) is 0 Å². The van der Waals surface area contributed by atoms with Crippen molar-refractivity contribution in [2.45, 2.75) is 39.3 Å². The molecule has 1 spiro atoms. The van der Waals surface area contributed by atoms with E-state index < -0.39 is 0 Å². The Morgan fingerprint density at radius 2 is 0.727 bits per heavy atom. The summed E-state index contributed by atoms with van der Waals surface area (Å²) in [4.78, 5) is 0. The van der Waals surface area contributed by atoms with E-state index in [1.165, 1.54) is 77.9 Å². The highest BCUT2D eigenvalue weighted by molar-refractivity contribution is 5.86. The van der Waals surface area contributed by atoms with Crippen LogP contribution in [0.25, 0.3) is 44.5 Å². The van der Waals surface area contributed by atoms with Crippen LogP contribution in [0.3, 0.4) is 0 Å². The molecule has 3 aliphatic heterocycles. The molecule has 0 atom stereocenters. The van der Waals surface area contributed by atoms with Gasteiger partial charge in [-0.2, -0.15) is 0 Å². The van der Waals surface area contributed by atoms with Gasteiger partial charge in [0, 0.05) is 5.41 Å². The van der Waals surface area contributed by atoms with Crippen LogP contribution in [-0.4, -0.2) is 20.0 Å². The third-order valence-electron chi connectivity index (χ3n) is 10.1. The van der Waals surface area contributed by atoms with Gasteiger partial charge in [0.2, 0.25) is 0 Å². The number of rotatable bonds is 4. The largest absolute Gasteiger partial charge is 0.372 e. The Bertz CT molecular complexity index is 1760. The molecule has 0 saturated carbocycles. The number of ether oxygens (including phenoxy) is 4. The molecule has 1 fully saturated rings. The first-order chi connectivity index (χ1) is 21.8. The lowest BCUT2D eigenvalue weighted by Gasteiger charge is -2.32. The fourth-order valence-corrected chi connectivity index (χ4v) is 8.07. The van der Waals surface area contributed by atoms with E-state index in [4.69, 9.17) is 18.9 Å². The summed E-state index contributed by atoms with van der Waals surface area (Å²) in [5.41, 5.74) is 18.3. The molecule has 0 aromatic heterocycles. The second-order valence-electron chi connectivity index (χ2n) is 12.7. The van der Waals surface area contributed by atoms with Crippen LogP contribution in [-0.2, 0) is 58.2 Å². The highest BCUT2D eigenvalue weighted by Crippen LogP contribution is 2.50. The van der Waals surface area contributed by atoms with Crippen molar-refractivity contribution in [2.75, 3.05) is 20.0 Å². The smallest absolute Gasteiger partial charge is 0.146 e. The zero-order valence-corrected chi connectivity index (χ0v) is 24.7. The van der Waals surface area contributed by atoms with Gasteiger partial charge in [0.1, 0.15) is 6.79 Å². The van der Waals surface area contributed by atoms with Crippen molar-refractivity contribution in [3.63, 3.8) is 0 Å². The van der Waals surface area contributed by atoms with Crippen LogP contribution < -0.4 is 0 Å². The lowest BCUT2D eigenvalue weighted by molar-refractivity contribution is -0.161. The highest BCUT2D eigenvalue weighted by atomic mass is 16.7. The van der Waals surface area contributed by atoms with Crippen LogP contribution in [0.4, 0.5) is 0 Å². The molecule has 4 nitrogen and oxygen atoms in total. The van der Waals surface area contributed by atoms with Crippen LogP contribution in [0, 0.1) is 5.41 Å². The quantitative estimate of drug-likeness (QED) is 0.214. The third-order valence-corrected chi connectivity index (χ3v) is 10.1. The molecule has 9 rings (SSSR count). The molecule has 0 amide bonds. The molecule has 0 unspecified atom stereocenters. The van der Waals surface area contributed by atoms with Gasteiger partial charge in [0.15, 0.2) is 0 Å². The molecule has 4 heteroatoms. The summed E-state index contributed by atoms with van der Waals surface area (Å²) in [6, 6.07) is 35.3. The van der Waals surface area contributed by atoms with E-state index in [0.29, 0.717) is 33.2 Å². The number of hydrogen-bond acceptors (Lipinski definition) is 4. The number of hydrogen-bond donors (Lipinski definition) is 0. The monoisotopic (exact) mass is 578 g/mol. The predicted molar refractivity (Wildman–Crippen MR) is 172 cm³/mol. The van der Waals surface area contributed by atoms with Gasteiger partial charge in [-0.15, -0.1) is 0 Å². The molecule has 4 aliphatic rings. The average molecular weight is 579 g/mol. The summed E-state index contributed by atoms with van der Waals surface area (Å²) >= 11 is 0. The molecular formula is C40H34O4. The minimum Gasteiger partial charge on any atom is -0.372 e. The average Bonchev–Trinajstić information content (AvgIpc) is 3.84. The van der Waals surface area contributed by atoms with Crippen LogP contribution in [0.5, 0.6) is 0 Å². The van der Waals surface area contributed by atoms with E-state index in [2.05, 4.69) is 97.1 Å². The molecule has 44 heavy (non-hydrogen) atoms. The second-order valence-corrected chi connectivity index (χ2v) is 12.7. The van der Waals surface area contributed by atoms with Crippen molar-refractivity contribution in [1.29, 1.82) is 0 Å². The topological polar surface area (TPSA) is 36.9 Å². The lowest BCUT2D eigenvalue weighted by atomic mass is 9.84. The summed E-state index contributed by atoms with van der Waals surface area (Å²) in [6.07, 6.45) is 1.89. The summed E-state index contributed by atoms with van der Waals surface area (Å²) in [6.45, 7) is 4.43. The maximum atomic E-state index is 6.11. The second kappa shape index (κ2) is 10.5. The predicted octanol–water partition coefficient (Wildman–Crippen LogP) is 8.50. The molecule has 0 radical (unpaired) electrons. The van der Waals surface area contributed by atoms with Crippen molar-refractivity contribution < 1.29 is 18.9 Å². The Morgan fingerprint density at radius 3 is 1.16 bits per heavy atom. The summed E-state index contributed by atoms with van der Waals surface area (Å²) in [5, 5.41) is 0. The van der Waals surface area contributed by atoms with Crippen molar-refractivity contribution in [3.05, 3.63) is 130 Å². The van der Waals surface area contributed by atoms with Gasteiger partial charge in [0.25, 0.3) is 0 Å². The highest BCUT2D eigenvalue weighted by Gasteiger charge is 2.43. The Hall–Kier alpha value is -4.06. The van der Waals surface area contributed by atoms with Crippen molar-refractivity contribution in [2.24, 2.45) is 5.41 Å². The van der Waals surface area contributed by atoms with E-state index in [9.17, 15) is 0 Å². The van der Waals surface area contributed by atoms with E-state index in [-0.39, 0.29) is 5.41 Å². The molecular weight excluding hydrogens is 544 g/mol. The van der Waals surface area contributed by atoms with E-state index >= 15 is 0 Å². The van der Waals surface area contributed by atoms with Crippen LogP contribution in [0.1, 0.15) is 33.4 Å². The first-order valence-electron chi connectivity index (χ1n) is 15.6. The van der Waals surface area contributed by atoms with Crippen LogP contribution >= 0.6 is 0 Å². The SMILES string of the molecule is c1ccc(-c2ccc(-c3ccc(-c4ccc(-c5ccccc5)c5c4COC5)c4c3CC3(COCOC3)C4)c3c2COC3)cc1. The fraction of sp³-hybridized carbons (Fsp3) is 0.250. The van der Waals surface area contributed by atoms with E-state index in [1.807, 2.05) is 0 Å². The number of fused-ring (bicyclic) bond motifs is 3. The standard InChI is InChI=1S/C40H34O4/c1-3-7-26(8-4-1)28-11-13-32(38-21-41-19-36(28)38)30-15-16-31(35-18-40(17-34(30)35)23-43-25-44-24-40)33-14-12-29(27-9-5-2-6-10-27)37-20-42-22-39(33)37/h1-16H,17-25H2. The molecule has 5 aromatic rings. The maximum absolute atomic E-state index is 6.11. The zero-order chi connectivity index (χ0) is 29.1. The Kier molecular flexibility index (Phi) is 6.31. The fourth-order valence-electron chi connectivity index (χ4n) is 8.07. The van der Waals surface area contributed by atoms with Gasteiger partial charge < -0.3 is 18.9 Å². The first kappa shape index (κ1) is 26.4. The summed E-state index contributed by atoms with van der Waals surface area (Å²) < 4.78 is 24.1. The van der Waals surface area contributed by atoms with Gasteiger partial charge in [-0.25, -0.2) is 0 Å². The maximum Gasteiger partial charge on any atom is 0.146 e. The number of benzene rings is 5. The molecule has 218 valence electrons. The normalized spacial score (nSPS) is 17.9. The van der Waals surface area contributed by atoms with Gasteiger partial charge in [-0.1, -0.05) is 97.1 Å². The van der Waals surface area contributed by atoms with Crippen LogP contribution in [0.15, 0.2) is 97.1 Å². The van der Waals surface area contributed by atoms with Gasteiger partial charge in [-0.3, -0.25) is 0 Å². The lowest BCUT2D eigenvalue weighted by Crippen LogP contribution is -2.38. The van der Waals surface area contributed by atoms with Crippen molar-refractivity contribution in [1.82, 2.24) is 0 Å². The van der Waals surface area contributed by atoms with Crippen molar-refractivity contribution in [3.8, 4) is 44.5 Å². The molecule has 5 aromatic carbocycles. The Labute approximate surface area is 258 Å².